The zero-order valence-electron chi connectivity index (χ0n) is 8.53. The molecule has 1 rings (SSSR count). The fourth-order valence-corrected chi connectivity index (χ4v) is 1.24. The number of methoxy groups -OCH3 is 1. The van der Waals surface area contributed by atoms with E-state index in [9.17, 15) is 9.59 Å². The van der Waals surface area contributed by atoms with Gasteiger partial charge in [-0.15, -0.1) is 0 Å². The summed E-state index contributed by atoms with van der Waals surface area (Å²) in [4.78, 5) is 22.7. The Morgan fingerprint density at radius 2 is 2.21 bits per heavy atom. The molecule has 0 bridgehead atoms. The second-order valence-electron chi connectivity index (χ2n) is 3.18. The van der Waals surface area contributed by atoms with E-state index in [4.69, 9.17) is 4.74 Å². The van der Waals surface area contributed by atoms with Gasteiger partial charge in [-0.25, -0.2) is 0 Å². The van der Waals surface area contributed by atoms with Crippen LogP contribution in [0.25, 0.3) is 0 Å². The molecule has 1 heterocycles. The molecule has 0 aliphatic heterocycles. The topological polar surface area (TPSA) is 48.3 Å². The van der Waals surface area contributed by atoms with E-state index in [2.05, 4.69) is 0 Å². The van der Waals surface area contributed by atoms with E-state index in [1.54, 1.807) is 20.0 Å². The van der Waals surface area contributed by atoms with Crippen molar-refractivity contribution in [2.24, 2.45) is 7.05 Å². The van der Waals surface area contributed by atoms with Crippen molar-refractivity contribution in [3.8, 4) is 0 Å². The van der Waals surface area contributed by atoms with Crippen LogP contribution in [0.15, 0.2) is 17.1 Å². The predicted octanol–water partition coefficient (Wildman–Crippen LogP) is 0.523. The number of nitrogens with zero attached hydrogens (tertiary/aromatic N) is 1. The Kier molecular flexibility index (Phi) is 3.19. The highest BCUT2D eigenvalue weighted by Gasteiger charge is 2.08. The highest BCUT2D eigenvalue weighted by molar-refractivity contribution is 5.96. The summed E-state index contributed by atoms with van der Waals surface area (Å²) in [5, 5.41) is 0. The number of aryl methyl sites for hydroxylation is 2. The number of carbonyl (C=O) groups is 1. The van der Waals surface area contributed by atoms with E-state index >= 15 is 0 Å². The summed E-state index contributed by atoms with van der Waals surface area (Å²) in [6.07, 6.45) is 1.52. The molecule has 0 aliphatic carbocycles. The van der Waals surface area contributed by atoms with Gasteiger partial charge in [0, 0.05) is 31.5 Å². The first kappa shape index (κ1) is 10.7. The minimum absolute atomic E-state index is 0.0393. The molecule has 0 atom stereocenters. The van der Waals surface area contributed by atoms with Crippen LogP contribution in [0.3, 0.4) is 0 Å². The van der Waals surface area contributed by atoms with Gasteiger partial charge in [-0.1, -0.05) is 0 Å². The van der Waals surface area contributed by atoms with Crippen molar-refractivity contribution >= 4 is 5.78 Å². The molecule has 0 unspecified atom stereocenters. The minimum atomic E-state index is -0.119. The number of carbonyl (C=O) groups excluding carboxylic acids is 1. The largest absolute Gasteiger partial charge is 0.377 e. The van der Waals surface area contributed by atoms with Gasteiger partial charge in [-0.2, -0.15) is 0 Å². The lowest BCUT2D eigenvalue weighted by atomic mass is 10.1. The highest BCUT2D eigenvalue weighted by Crippen LogP contribution is 2.00. The van der Waals surface area contributed by atoms with Crippen molar-refractivity contribution in [1.29, 1.82) is 0 Å². The fourth-order valence-electron chi connectivity index (χ4n) is 1.24. The van der Waals surface area contributed by atoms with Crippen molar-refractivity contribution < 1.29 is 9.53 Å². The third kappa shape index (κ3) is 2.09. The summed E-state index contributed by atoms with van der Waals surface area (Å²) in [6, 6.07) is 1.59. The number of aromatic nitrogens is 1. The molecule has 0 aromatic carbocycles. The Hall–Kier alpha value is -1.42. The monoisotopic (exact) mass is 195 g/mol. The maximum Gasteiger partial charge on any atom is 0.253 e. The van der Waals surface area contributed by atoms with E-state index in [0.717, 1.165) is 0 Å². The van der Waals surface area contributed by atoms with Gasteiger partial charge >= 0.3 is 0 Å². The Morgan fingerprint density at radius 1 is 1.57 bits per heavy atom. The van der Waals surface area contributed by atoms with Gasteiger partial charge in [0.2, 0.25) is 0 Å². The van der Waals surface area contributed by atoms with Crippen LogP contribution in [0.1, 0.15) is 15.9 Å². The Balaban J connectivity index is 3.13. The van der Waals surface area contributed by atoms with Crippen LogP contribution in [0.2, 0.25) is 0 Å². The third-order valence-corrected chi connectivity index (χ3v) is 1.96. The van der Waals surface area contributed by atoms with Gasteiger partial charge in [-0.05, 0) is 13.0 Å². The van der Waals surface area contributed by atoms with Crippen molar-refractivity contribution in [3.05, 3.63) is 33.7 Å². The smallest absolute Gasteiger partial charge is 0.253 e. The Labute approximate surface area is 82.1 Å². The number of ether oxygens (including phenoxy) is 1. The van der Waals surface area contributed by atoms with Gasteiger partial charge < -0.3 is 9.30 Å². The van der Waals surface area contributed by atoms with Crippen molar-refractivity contribution in [2.75, 3.05) is 13.7 Å². The van der Waals surface area contributed by atoms with Crippen LogP contribution >= 0.6 is 0 Å². The highest BCUT2D eigenvalue weighted by atomic mass is 16.5. The summed E-state index contributed by atoms with van der Waals surface area (Å²) in [5.74, 6) is -0.119. The van der Waals surface area contributed by atoms with Gasteiger partial charge in [0.1, 0.15) is 6.61 Å². The lowest BCUT2D eigenvalue weighted by molar-refractivity contribution is 0.0847. The van der Waals surface area contributed by atoms with Crippen LogP contribution in [0.5, 0.6) is 0 Å². The number of hydrogen-bond donors (Lipinski definition) is 0. The van der Waals surface area contributed by atoms with Crippen LogP contribution in [0, 0.1) is 6.92 Å². The van der Waals surface area contributed by atoms with Crippen molar-refractivity contribution in [1.82, 2.24) is 4.57 Å². The first-order chi connectivity index (χ1) is 6.56. The van der Waals surface area contributed by atoms with Crippen LogP contribution in [0.4, 0.5) is 0 Å². The van der Waals surface area contributed by atoms with Crippen LogP contribution < -0.4 is 5.56 Å². The molecule has 0 saturated carbocycles. The molecule has 0 radical (unpaired) electrons. The molecular weight excluding hydrogens is 182 g/mol. The van der Waals surface area contributed by atoms with Gasteiger partial charge in [0.25, 0.3) is 5.56 Å². The summed E-state index contributed by atoms with van der Waals surface area (Å²) in [6.45, 7) is 1.73. The van der Waals surface area contributed by atoms with E-state index in [1.807, 2.05) is 0 Å². The Bertz CT molecular complexity index is 380. The van der Waals surface area contributed by atoms with E-state index in [0.29, 0.717) is 11.1 Å². The summed E-state index contributed by atoms with van der Waals surface area (Å²) >= 11 is 0. The molecule has 0 aliphatic rings. The summed E-state index contributed by atoms with van der Waals surface area (Å²) in [5.41, 5.74) is 0.986. The van der Waals surface area contributed by atoms with Gasteiger partial charge in [0.15, 0.2) is 5.78 Å². The van der Waals surface area contributed by atoms with E-state index in [-0.39, 0.29) is 17.9 Å². The molecule has 0 N–H and O–H groups in total. The fraction of sp³-hybridized carbons (Fsp3) is 0.400. The van der Waals surface area contributed by atoms with Crippen LogP contribution in [-0.2, 0) is 11.8 Å². The molecular formula is C10H13NO3. The zero-order valence-corrected chi connectivity index (χ0v) is 8.53. The second kappa shape index (κ2) is 4.19. The summed E-state index contributed by atoms with van der Waals surface area (Å²) in [7, 11) is 3.09. The number of Topliss-reactive ketones (excluding diaryl/α,β-unsaturated/α-hetero) is 1. The number of pyridine rings is 1. The molecule has 0 saturated heterocycles. The lowest BCUT2D eigenvalue weighted by Crippen LogP contribution is -2.21. The number of rotatable bonds is 3. The third-order valence-electron chi connectivity index (χ3n) is 1.96. The SMILES string of the molecule is COCC(=O)c1cc(C)c(=O)n(C)c1. The quantitative estimate of drug-likeness (QED) is 0.661. The van der Waals surface area contributed by atoms with Crippen molar-refractivity contribution in [2.45, 2.75) is 6.92 Å². The molecule has 0 amide bonds. The maximum absolute atomic E-state index is 11.4. The maximum atomic E-state index is 11.4. The molecule has 76 valence electrons. The summed E-state index contributed by atoms with van der Waals surface area (Å²) < 4.78 is 6.13. The second-order valence-corrected chi connectivity index (χ2v) is 3.18. The lowest BCUT2D eigenvalue weighted by Gasteiger charge is -2.04. The van der Waals surface area contributed by atoms with E-state index < -0.39 is 0 Å². The van der Waals surface area contributed by atoms with Gasteiger partial charge in [-0.3, -0.25) is 9.59 Å². The molecule has 14 heavy (non-hydrogen) atoms. The zero-order chi connectivity index (χ0) is 10.7. The standard InChI is InChI=1S/C10H13NO3/c1-7-4-8(9(12)6-14-3)5-11(2)10(7)13/h4-5H,6H2,1-3H3. The van der Waals surface area contributed by atoms with E-state index in [1.165, 1.54) is 17.9 Å². The molecule has 4 nitrogen and oxygen atoms in total. The first-order valence-corrected chi connectivity index (χ1v) is 4.25. The Morgan fingerprint density at radius 3 is 2.71 bits per heavy atom. The molecule has 0 fully saturated rings. The molecule has 1 aromatic heterocycles. The average molecular weight is 195 g/mol. The molecule has 4 heteroatoms. The average Bonchev–Trinajstić information content (AvgIpc) is 2.13. The first-order valence-electron chi connectivity index (χ1n) is 4.25. The number of hydrogen-bond acceptors (Lipinski definition) is 3. The molecule has 1 aromatic rings. The van der Waals surface area contributed by atoms with Gasteiger partial charge in [0.05, 0.1) is 0 Å². The normalized spacial score (nSPS) is 10.2. The predicted molar refractivity (Wildman–Crippen MR) is 52.6 cm³/mol. The van der Waals surface area contributed by atoms with Crippen molar-refractivity contribution in [3.63, 3.8) is 0 Å². The molecule has 0 spiro atoms. The number of ketones is 1. The minimum Gasteiger partial charge on any atom is -0.377 e. The van der Waals surface area contributed by atoms with Crippen LogP contribution in [-0.4, -0.2) is 24.1 Å².